The minimum Gasteiger partial charge on any atom is -0.453 e. The smallest absolute Gasteiger partial charge is 0.390 e. The molecule has 0 atom stereocenters. The molecule has 0 bridgehead atoms. The molecule has 0 unspecified atom stereocenters. The molecule has 0 saturated carbocycles. The lowest BCUT2D eigenvalue weighted by atomic mass is 10.2. The number of H-pyrrole nitrogens is 2. The van der Waals surface area contributed by atoms with Crippen molar-refractivity contribution in [1.29, 1.82) is 0 Å². The number of benzene rings is 2. The van der Waals surface area contributed by atoms with Crippen LogP contribution in [0.25, 0.3) is 22.3 Å². The molecule has 0 aliphatic carbocycles. The number of aromatic amines is 2. The van der Waals surface area contributed by atoms with E-state index in [1.54, 1.807) is 0 Å². The summed E-state index contributed by atoms with van der Waals surface area (Å²) in [5.41, 5.74) is -0.751. The number of halogens is 3. The van der Waals surface area contributed by atoms with Crippen LogP contribution >= 0.6 is 0 Å². The normalized spacial score (nSPS) is 12.5. The van der Waals surface area contributed by atoms with Gasteiger partial charge in [0.1, 0.15) is 22.3 Å². The van der Waals surface area contributed by atoms with Gasteiger partial charge >= 0.3 is 5.31 Å². The van der Waals surface area contributed by atoms with Crippen molar-refractivity contribution in [2.45, 2.75) is 10.2 Å². The van der Waals surface area contributed by atoms with E-state index in [-0.39, 0.29) is 17.1 Å². The van der Waals surface area contributed by atoms with Gasteiger partial charge in [-0.15, -0.1) is 0 Å². The molecule has 162 valence electrons. The number of ether oxygens (including phenoxy) is 1. The van der Waals surface area contributed by atoms with E-state index in [2.05, 4.69) is 15.0 Å². The molecule has 4 rings (SSSR count). The lowest BCUT2D eigenvalue weighted by Crippen LogP contribution is -2.38. The third kappa shape index (κ3) is 3.33. The van der Waals surface area contributed by atoms with Crippen LogP contribution in [-0.4, -0.2) is 44.0 Å². The average Bonchev–Trinajstić information content (AvgIpc) is 3.38. The first-order valence-corrected chi connectivity index (χ1v) is 9.87. The van der Waals surface area contributed by atoms with Gasteiger partial charge in [-0.1, -0.05) is 0 Å². The number of fused-ring (bicyclic) bond motifs is 1. The molecule has 0 aliphatic rings. The van der Waals surface area contributed by atoms with Gasteiger partial charge in [0, 0.05) is 24.0 Å². The lowest BCUT2D eigenvalue weighted by Gasteiger charge is -2.19. The van der Waals surface area contributed by atoms with Gasteiger partial charge in [0.25, 0.3) is 9.84 Å². The number of nitrogens with one attached hydrogen (secondary N) is 2. The zero-order chi connectivity index (χ0) is 22.6. The van der Waals surface area contributed by atoms with Crippen molar-refractivity contribution in [3.05, 3.63) is 60.3 Å². The number of nitrogens with zero attached hydrogens (tertiary/aromatic N) is 1. The molecular formula is C18H12F3N3O6S. The van der Waals surface area contributed by atoms with Crippen LogP contribution in [0.15, 0.2) is 47.8 Å². The molecule has 4 aromatic rings. The van der Waals surface area contributed by atoms with Crippen molar-refractivity contribution in [3.8, 4) is 22.9 Å². The second-order valence-electron chi connectivity index (χ2n) is 6.31. The summed E-state index contributed by atoms with van der Waals surface area (Å²) in [4.78, 5) is 7.55. The van der Waals surface area contributed by atoms with E-state index in [0.29, 0.717) is 0 Å². The highest BCUT2D eigenvalue weighted by atomic mass is 32.2. The highest BCUT2D eigenvalue weighted by Crippen LogP contribution is 2.42. The average molecular weight is 455 g/mol. The largest absolute Gasteiger partial charge is 0.453 e. The highest BCUT2D eigenvalue weighted by Gasteiger charge is 2.44. The molecule has 31 heavy (non-hydrogen) atoms. The quantitative estimate of drug-likeness (QED) is 0.229. The number of hydrogen-bond donors (Lipinski definition) is 5. The maximum atomic E-state index is 14.8. The van der Waals surface area contributed by atoms with Crippen LogP contribution in [-0.2, 0) is 9.84 Å². The predicted octanol–water partition coefficient (Wildman–Crippen LogP) is 2.13. The first kappa shape index (κ1) is 20.9. The Morgan fingerprint density at radius 3 is 2.39 bits per heavy atom. The number of aliphatic hydroxyl groups is 3. The number of aromatic nitrogens is 3. The van der Waals surface area contributed by atoms with Crippen LogP contribution < -0.4 is 4.74 Å². The van der Waals surface area contributed by atoms with Gasteiger partial charge in [0.15, 0.2) is 11.6 Å². The molecule has 0 amide bonds. The zero-order valence-corrected chi connectivity index (χ0v) is 15.9. The predicted molar refractivity (Wildman–Crippen MR) is 98.8 cm³/mol. The third-order valence-corrected chi connectivity index (χ3v) is 6.01. The van der Waals surface area contributed by atoms with Gasteiger partial charge in [-0.2, -0.15) is 4.39 Å². The van der Waals surface area contributed by atoms with Crippen molar-refractivity contribution in [3.63, 3.8) is 0 Å². The molecule has 2 heterocycles. The summed E-state index contributed by atoms with van der Waals surface area (Å²) in [7, 11) is -5.50. The molecule has 0 saturated heterocycles. The molecule has 0 fully saturated rings. The van der Waals surface area contributed by atoms with E-state index in [1.165, 1.54) is 12.4 Å². The Morgan fingerprint density at radius 2 is 1.74 bits per heavy atom. The van der Waals surface area contributed by atoms with E-state index in [4.69, 9.17) is 4.74 Å². The summed E-state index contributed by atoms with van der Waals surface area (Å²) >= 11 is 0. The van der Waals surface area contributed by atoms with Crippen molar-refractivity contribution >= 4 is 20.7 Å². The number of imidazole rings is 1. The van der Waals surface area contributed by atoms with Crippen LogP contribution in [0.2, 0.25) is 0 Å². The maximum absolute atomic E-state index is 14.8. The molecule has 5 N–H and O–H groups in total. The molecule has 2 aromatic heterocycles. The molecule has 2 aromatic carbocycles. The van der Waals surface area contributed by atoms with Crippen molar-refractivity contribution < 1.29 is 41.6 Å². The fraction of sp³-hybridized carbons (Fsp3) is 0.0556. The number of hydrogen-bond acceptors (Lipinski definition) is 7. The highest BCUT2D eigenvalue weighted by molar-refractivity contribution is 7.92. The van der Waals surface area contributed by atoms with Gasteiger partial charge in [-0.25, -0.2) is 22.2 Å². The summed E-state index contributed by atoms with van der Waals surface area (Å²) in [5, 5.41) is 23.1. The van der Waals surface area contributed by atoms with Crippen LogP contribution in [0, 0.1) is 17.5 Å². The number of sulfone groups is 1. The SMILES string of the molecule is O=S(=O)(c1c(Oc2ccc(F)c(-c3ncc[nH]3)c2)c(F)c(F)c2[nH]ccc12)C(O)(O)O. The molecule has 9 nitrogen and oxygen atoms in total. The van der Waals surface area contributed by atoms with Gasteiger partial charge in [-0.3, -0.25) is 0 Å². The van der Waals surface area contributed by atoms with E-state index < -0.39 is 54.1 Å². The fourth-order valence-electron chi connectivity index (χ4n) is 2.95. The minimum atomic E-state index is -5.50. The topological polar surface area (TPSA) is 149 Å². The summed E-state index contributed by atoms with van der Waals surface area (Å²) < 4.78 is 73.7. The zero-order valence-electron chi connectivity index (χ0n) is 15.1. The first-order valence-electron chi connectivity index (χ1n) is 8.39. The molecule has 0 aliphatic heterocycles. The van der Waals surface area contributed by atoms with Crippen LogP contribution in [0.5, 0.6) is 11.5 Å². The third-order valence-electron chi connectivity index (χ3n) is 4.35. The standard InChI is InChI=1S/C18H12F3N3O6S/c19-11-2-1-8(7-10(11)17-23-5-6-24-17)30-15-13(21)12(20)14-9(3-4-22-14)16(15)31(28,29)18(25,26)27/h1-7,22,25-27H,(H,23,24). The fourth-order valence-corrected chi connectivity index (χ4v) is 4.06. The van der Waals surface area contributed by atoms with Gasteiger partial charge in [0.05, 0.1) is 11.1 Å². The van der Waals surface area contributed by atoms with Gasteiger partial charge < -0.3 is 30.0 Å². The molecule has 0 radical (unpaired) electrons. The van der Waals surface area contributed by atoms with Crippen molar-refractivity contribution in [1.82, 2.24) is 15.0 Å². The Kier molecular flexibility index (Phi) is 4.77. The summed E-state index contributed by atoms with van der Waals surface area (Å²) in [6.45, 7) is 0. The van der Waals surface area contributed by atoms with E-state index >= 15 is 0 Å². The number of rotatable bonds is 5. The summed E-state index contributed by atoms with van der Waals surface area (Å²) in [5.74, 6) is -5.62. The van der Waals surface area contributed by atoms with E-state index in [1.807, 2.05) is 0 Å². The van der Waals surface area contributed by atoms with Gasteiger partial charge in [0.2, 0.25) is 5.82 Å². The summed E-state index contributed by atoms with van der Waals surface area (Å²) in [6, 6.07) is 3.95. The van der Waals surface area contributed by atoms with Crippen LogP contribution in [0.3, 0.4) is 0 Å². The second-order valence-corrected chi connectivity index (χ2v) is 8.27. The molecular weight excluding hydrogens is 443 g/mol. The summed E-state index contributed by atoms with van der Waals surface area (Å²) in [6.07, 6.45) is 3.81. The Hall–Kier alpha value is -3.39. The minimum absolute atomic E-state index is 0.0728. The van der Waals surface area contributed by atoms with E-state index in [9.17, 15) is 36.9 Å². The van der Waals surface area contributed by atoms with Crippen LogP contribution in [0.1, 0.15) is 0 Å². The molecule has 0 spiro atoms. The van der Waals surface area contributed by atoms with Crippen molar-refractivity contribution in [2.24, 2.45) is 0 Å². The van der Waals surface area contributed by atoms with Crippen LogP contribution in [0.4, 0.5) is 13.2 Å². The monoisotopic (exact) mass is 455 g/mol. The van der Waals surface area contributed by atoms with Crippen molar-refractivity contribution in [2.75, 3.05) is 0 Å². The lowest BCUT2D eigenvalue weighted by molar-refractivity contribution is -0.241. The first-order chi connectivity index (χ1) is 14.5. The van der Waals surface area contributed by atoms with E-state index in [0.717, 1.165) is 30.5 Å². The Bertz CT molecular complexity index is 1400. The van der Waals surface area contributed by atoms with Gasteiger partial charge in [-0.05, 0) is 24.3 Å². The Morgan fingerprint density at radius 1 is 1.00 bits per heavy atom. The Balaban J connectivity index is 1.96. The second kappa shape index (κ2) is 7.09. The molecule has 13 heteroatoms. The maximum Gasteiger partial charge on any atom is 0.390 e. The Labute approximate surface area is 171 Å².